The van der Waals surface area contributed by atoms with Crippen LogP contribution in [0.15, 0.2) is 370 Å². The Morgan fingerprint density at radius 1 is 0.179 bits per heavy atom. The summed E-state index contributed by atoms with van der Waals surface area (Å²) < 4.78 is 9.64. The van der Waals surface area contributed by atoms with Gasteiger partial charge >= 0.3 is 0 Å². The van der Waals surface area contributed by atoms with Crippen molar-refractivity contribution in [1.82, 2.24) is 43.2 Å². The van der Waals surface area contributed by atoms with Crippen LogP contribution in [0.1, 0.15) is 0 Å². The Bertz CT molecular complexity index is 7180. The molecule has 16 aromatic carbocycles. The molecule has 0 fully saturated rings. The summed E-state index contributed by atoms with van der Waals surface area (Å²) in [4.78, 5) is 25.2. The summed E-state index contributed by atoms with van der Waals surface area (Å²) in [5.74, 6) is 2.67. The first-order valence-electron chi connectivity index (χ1n) is 35.9. The van der Waals surface area contributed by atoms with Gasteiger partial charge in [0.25, 0.3) is 0 Å². The van der Waals surface area contributed by atoms with Crippen LogP contribution in [0.3, 0.4) is 0 Å². The molecule has 0 amide bonds. The van der Waals surface area contributed by atoms with Crippen LogP contribution >= 0.6 is 0 Å². The number of nitrogens with zero attached hydrogens (tertiary/aromatic N) is 9. The Labute approximate surface area is 608 Å². The number of hydrogen-bond donors (Lipinski definition) is 0. The third-order valence-electron chi connectivity index (χ3n) is 21.0. The van der Waals surface area contributed by atoms with Gasteiger partial charge in [0, 0.05) is 98.7 Å². The SMILES string of the molecule is c1ccc(-c2nc(-c3ccc(-n4c5ccccc5c5cc6c7ccccc7n(-c7ccccc7)c6cc54)c4ccccc34)nc3ccccc23)cc1.c1ccc(-c2nc(-c3ccccc3)nc(-c3ccc4cc(-n5c6ccccc6c6cc7c8ccccc8n(-c8ccccc8)c7cc65)ccc4c3)n2)cc1. The molecular formula is C97H61N9. The van der Waals surface area contributed by atoms with Gasteiger partial charge in [0.15, 0.2) is 23.3 Å². The summed E-state index contributed by atoms with van der Waals surface area (Å²) in [6.07, 6.45) is 0. The number of fused-ring (bicyclic) bond motifs is 15. The molecule has 0 aliphatic rings. The van der Waals surface area contributed by atoms with Gasteiger partial charge in [-0.05, 0) is 125 Å². The number of rotatable bonds is 9. The summed E-state index contributed by atoms with van der Waals surface area (Å²) in [5.41, 5.74) is 20.8. The van der Waals surface area contributed by atoms with E-state index in [4.69, 9.17) is 24.9 Å². The fourth-order valence-corrected chi connectivity index (χ4v) is 16.2. The van der Waals surface area contributed by atoms with Gasteiger partial charge in [-0.3, -0.25) is 0 Å². The zero-order valence-electron chi connectivity index (χ0n) is 57.2. The molecule has 0 saturated heterocycles. The maximum absolute atomic E-state index is 5.26. The molecule has 9 heteroatoms. The van der Waals surface area contributed by atoms with E-state index in [1.165, 1.54) is 87.2 Å². The molecule has 0 radical (unpaired) electrons. The van der Waals surface area contributed by atoms with Crippen LogP contribution in [0.4, 0.5) is 0 Å². The highest BCUT2D eigenvalue weighted by atomic mass is 15.0. The molecule has 0 aliphatic heterocycles. The second-order valence-electron chi connectivity index (χ2n) is 27.1. The third-order valence-corrected chi connectivity index (χ3v) is 21.0. The Balaban J connectivity index is 0.000000136. The predicted molar refractivity (Wildman–Crippen MR) is 439 cm³/mol. The maximum atomic E-state index is 5.26. The van der Waals surface area contributed by atoms with E-state index >= 15 is 0 Å². The number of benzene rings is 16. The molecule has 0 spiro atoms. The van der Waals surface area contributed by atoms with Gasteiger partial charge in [-0.25, -0.2) is 24.9 Å². The van der Waals surface area contributed by atoms with Crippen molar-refractivity contribution in [2.75, 3.05) is 0 Å². The lowest BCUT2D eigenvalue weighted by Gasteiger charge is -2.15. The van der Waals surface area contributed by atoms with Gasteiger partial charge in [0.05, 0.1) is 61.0 Å². The van der Waals surface area contributed by atoms with Crippen LogP contribution in [0.2, 0.25) is 0 Å². The minimum atomic E-state index is 0.647. The van der Waals surface area contributed by atoms with Crippen molar-refractivity contribution >= 4 is 120 Å². The largest absolute Gasteiger partial charge is 0.309 e. The zero-order chi connectivity index (χ0) is 69.8. The van der Waals surface area contributed by atoms with Gasteiger partial charge in [0.1, 0.15) is 0 Å². The molecule has 6 heterocycles. The lowest BCUT2D eigenvalue weighted by atomic mass is 10.0. The van der Waals surface area contributed by atoms with E-state index in [2.05, 4.69) is 316 Å². The van der Waals surface area contributed by atoms with Gasteiger partial charge in [-0.1, -0.05) is 261 Å². The molecule has 22 rings (SSSR count). The first-order chi connectivity index (χ1) is 52.6. The Morgan fingerprint density at radius 2 is 0.557 bits per heavy atom. The first kappa shape index (κ1) is 60.4. The second kappa shape index (κ2) is 24.7. The standard InChI is InChI=1S/C49H31N5.C48H30N4/c1-4-14-32(15-5-1)47-50-48(33-16-6-2-7-17-33)52-49(51-47)36-25-24-35-29-38(27-26-34(35)28-36)54-44-23-13-11-21-40(44)42-30-41-39-20-10-12-22-43(39)53(45(41)31-46(42)54)37-18-8-3-9-19-37;1-3-15-31(16-4-1)47-38-23-9-12-24-41(38)49-48(50-47)37-27-28-44(34-20-8-7-19-33(34)37)52-43-26-14-11-22-36(43)40-29-39-35-21-10-13-25-42(35)51(45(39)30-46(40)52)32-17-5-2-6-18-32/h1-31H;1-30H. The van der Waals surface area contributed by atoms with Gasteiger partial charge in [-0.15, -0.1) is 0 Å². The Kier molecular flexibility index (Phi) is 14.1. The first-order valence-corrected chi connectivity index (χ1v) is 35.9. The topological polar surface area (TPSA) is 84.2 Å². The smallest absolute Gasteiger partial charge is 0.164 e. The van der Waals surface area contributed by atoms with E-state index in [0.717, 1.165) is 94.5 Å². The van der Waals surface area contributed by atoms with E-state index in [1.54, 1.807) is 0 Å². The molecule has 0 bridgehead atoms. The molecule has 494 valence electrons. The quantitative estimate of drug-likeness (QED) is 0.144. The summed E-state index contributed by atoms with van der Waals surface area (Å²) in [6.45, 7) is 0. The Morgan fingerprint density at radius 3 is 1.07 bits per heavy atom. The van der Waals surface area contributed by atoms with Crippen LogP contribution in [0.5, 0.6) is 0 Å². The number of para-hydroxylation sites is 7. The highest BCUT2D eigenvalue weighted by Crippen LogP contribution is 2.45. The minimum Gasteiger partial charge on any atom is -0.309 e. The van der Waals surface area contributed by atoms with E-state index in [1.807, 2.05) is 72.8 Å². The van der Waals surface area contributed by atoms with Crippen molar-refractivity contribution in [3.05, 3.63) is 370 Å². The zero-order valence-corrected chi connectivity index (χ0v) is 57.2. The third kappa shape index (κ3) is 9.89. The van der Waals surface area contributed by atoms with Crippen LogP contribution in [-0.2, 0) is 0 Å². The molecule has 0 unspecified atom stereocenters. The van der Waals surface area contributed by atoms with Gasteiger partial charge in [0.2, 0.25) is 0 Å². The average molecular weight is 1350 g/mol. The minimum absolute atomic E-state index is 0.647. The summed E-state index contributed by atoms with van der Waals surface area (Å²) in [6, 6.07) is 131. The summed E-state index contributed by atoms with van der Waals surface area (Å²) in [7, 11) is 0. The van der Waals surface area contributed by atoms with Crippen LogP contribution in [0, 0.1) is 0 Å². The van der Waals surface area contributed by atoms with E-state index in [9.17, 15) is 0 Å². The van der Waals surface area contributed by atoms with Gasteiger partial charge in [-0.2, -0.15) is 0 Å². The lowest BCUT2D eigenvalue weighted by Crippen LogP contribution is -2.00. The van der Waals surface area contributed by atoms with Crippen molar-refractivity contribution in [3.63, 3.8) is 0 Å². The summed E-state index contributed by atoms with van der Waals surface area (Å²) >= 11 is 0. The molecule has 0 N–H and O–H groups in total. The second-order valence-corrected chi connectivity index (χ2v) is 27.1. The fourth-order valence-electron chi connectivity index (χ4n) is 16.2. The van der Waals surface area contributed by atoms with Gasteiger partial charge < -0.3 is 18.3 Å². The molecule has 0 saturated carbocycles. The molecular weight excluding hydrogens is 1290 g/mol. The molecule has 106 heavy (non-hydrogen) atoms. The molecule has 22 aromatic rings. The average Bonchev–Trinajstić information content (AvgIpc) is 1.55. The van der Waals surface area contributed by atoms with Crippen LogP contribution in [0.25, 0.3) is 199 Å². The fraction of sp³-hybridized carbons (Fsp3) is 0. The van der Waals surface area contributed by atoms with Crippen molar-refractivity contribution < 1.29 is 0 Å². The van der Waals surface area contributed by atoms with Crippen molar-refractivity contribution in [1.29, 1.82) is 0 Å². The molecule has 6 aromatic heterocycles. The maximum Gasteiger partial charge on any atom is 0.164 e. The monoisotopic (exact) mass is 1350 g/mol. The molecule has 0 atom stereocenters. The van der Waals surface area contributed by atoms with Crippen molar-refractivity contribution in [2.45, 2.75) is 0 Å². The van der Waals surface area contributed by atoms with Crippen molar-refractivity contribution in [2.24, 2.45) is 0 Å². The van der Waals surface area contributed by atoms with E-state index < -0.39 is 0 Å². The number of hydrogen-bond acceptors (Lipinski definition) is 5. The number of aromatic nitrogens is 9. The molecule has 0 aliphatic carbocycles. The Hall–Kier alpha value is -14.4. The van der Waals surface area contributed by atoms with E-state index in [-0.39, 0.29) is 0 Å². The lowest BCUT2D eigenvalue weighted by molar-refractivity contribution is 1.07. The molecule has 9 nitrogen and oxygen atoms in total. The summed E-state index contributed by atoms with van der Waals surface area (Å²) in [5, 5.41) is 15.5. The van der Waals surface area contributed by atoms with Crippen LogP contribution in [-0.4, -0.2) is 43.2 Å². The highest BCUT2D eigenvalue weighted by Gasteiger charge is 2.24. The van der Waals surface area contributed by atoms with Crippen LogP contribution < -0.4 is 0 Å². The van der Waals surface area contributed by atoms with E-state index in [0.29, 0.717) is 17.5 Å². The predicted octanol–water partition coefficient (Wildman–Crippen LogP) is 24.5. The van der Waals surface area contributed by atoms with Crippen molar-refractivity contribution in [3.8, 4) is 79.6 Å². The highest BCUT2D eigenvalue weighted by molar-refractivity contribution is 6.21. The normalized spacial score (nSPS) is 11.8.